The third-order valence-corrected chi connectivity index (χ3v) is 4.68. The van der Waals surface area contributed by atoms with Gasteiger partial charge >= 0.3 is 6.03 Å². The van der Waals surface area contributed by atoms with Gasteiger partial charge in [0.05, 0.1) is 5.69 Å². The van der Waals surface area contributed by atoms with Crippen molar-refractivity contribution in [3.63, 3.8) is 0 Å². The maximum atomic E-state index is 13.5. The van der Waals surface area contributed by atoms with Gasteiger partial charge in [-0.05, 0) is 48.5 Å². The largest absolute Gasteiger partial charge is 0.457 e. The lowest BCUT2D eigenvalue weighted by molar-refractivity contribution is -0.122. The molecule has 8 heteroatoms. The molecule has 2 aromatic carbocycles. The van der Waals surface area contributed by atoms with Gasteiger partial charge in [0, 0.05) is 10.0 Å². The first-order valence-corrected chi connectivity index (χ1v) is 9.24. The molecule has 4 rings (SSSR count). The first-order chi connectivity index (χ1) is 13.9. The number of furan rings is 1. The van der Waals surface area contributed by atoms with Crippen LogP contribution in [0.2, 0.25) is 0 Å². The zero-order chi connectivity index (χ0) is 20.5. The summed E-state index contributed by atoms with van der Waals surface area (Å²) < 4.78 is 20.1. The number of hydrogen-bond acceptors (Lipinski definition) is 4. The van der Waals surface area contributed by atoms with E-state index < -0.39 is 23.7 Å². The minimum absolute atomic E-state index is 0.0140. The third kappa shape index (κ3) is 3.74. The fourth-order valence-electron chi connectivity index (χ4n) is 2.88. The van der Waals surface area contributed by atoms with E-state index in [0.29, 0.717) is 10.7 Å². The van der Waals surface area contributed by atoms with E-state index in [1.54, 1.807) is 12.1 Å². The van der Waals surface area contributed by atoms with Crippen LogP contribution < -0.4 is 10.2 Å². The van der Waals surface area contributed by atoms with Crippen molar-refractivity contribution in [3.05, 3.63) is 82.3 Å². The van der Waals surface area contributed by atoms with Crippen LogP contribution in [0.5, 0.6) is 0 Å². The second-order valence-electron chi connectivity index (χ2n) is 6.15. The Morgan fingerprint density at radius 3 is 2.55 bits per heavy atom. The molecular formula is C21H12BrFN2O4. The molecular weight excluding hydrogens is 443 g/mol. The summed E-state index contributed by atoms with van der Waals surface area (Å²) in [6, 6.07) is 14.8. The van der Waals surface area contributed by atoms with Crippen LogP contribution in [-0.2, 0) is 9.59 Å². The van der Waals surface area contributed by atoms with Crippen LogP contribution in [0, 0.1) is 5.82 Å². The SMILES string of the molecule is O=C1NC(=O)N(c2cccc(F)c2)C(=O)/C1=C/c1ccc(-c2cccc(Br)c2)o1. The first-order valence-electron chi connectivity index (χ1n) is 8.45. The van der Waals surface area contributed by atoms with Crippen molar-refractivity contribution in [2.45, 2.75) is 0 Å². The highest BCUT2D eigenvalue weighted by Crippen LogP contribution is 2.27. The van der Waals surface area contributed by atoms with Gasteiger partial charge in [0.25, 0.3) is 11.8 Å². The van der Waals surface area contributed by atoms with Crippen LogP contribution in [0.25, 0.3) is 17.4 Å². The maximum Gasteiger partial charge on any atom is 0.335 e. The molecule has 1 N–H and O–H groups in total. The molecule has 0 radical (unpaired) electrons. The van der Waals surface area contributed by atoms with Gasteiger partial charge in [-0.15, -0.1) is 0 Å². The molecule has 1 aliphatic heterocycles. The smallest absolute Gasteiger partial charge is 0.335 e. The van der Waals surface area contributed by atoms with Crippen LogP contribution in [-0.4, -0.2) is 17.8 Å². The van der Waals surface area contributed by atoms with E-state index in [0.717, 1.165) is 16.1 Å². The minimum Gasteiger partial charge on any atom is -0.457 e. The highest BCUT2D eigenvalue weighted by Gasteiger charge is 2.37. The van der Waals surface area contributed by atoms with E-state index in [1.807, 2.05) is 24.3 Å². The predicted octanol–water partition coefficient (Wildman–Crippen LogP) is 4.51. The zero-order valence-electron chi connectivity index (χ0n) is 14.7. The van der Waals surface area contributed by atoms with Crippen molar-refractivity contribution in [3.8, 4) is 11.3 Å². The molecule has 0 unspecified atom stereocenters. The number of benzene rings is 2. The van der Waals surface area contributed by atoms with E-state index >= 15 is 0 Å². The van der Waals surface area contributed by atoms with Gasteiger partial charge in [0.15, 0.2) is 0 Å². The topological polar surface area (TPSA) is 79.6 Å². The van der Waals surface area contributed by atoms with Crippen molar-refractivity contribution >= 4 is 45.5 Å². The van der Waals surface area contributed by atoms with Crippen LogP contribution in [0.3, 0.4) is 0 Å². The van der Waals surface area contributed by atoms with Gasteiger partial charge < -0.3 is 4.42 Å². The summed E-state index contributed by atoms with van der Waals surface area (Å²) in [5.74, 6) is -1.54. The number of amides is 4. The van der Waals surface area contributed by atoms with Crippen molar-refractivity contribution in [1.29, 1.82) is 0 Å². The number of nitrogens with zero attached hydrogens (tertiary/aromatic N) is 1. The van der Waals surface area contributed by atoms with Crippen molar-refractivity contribution in [1.82, 2.24) is 5.32 Å². The summed E-state index contributed by atoms with van der Waals surface area (Å²) >= 11 is 3.39. The Bertz CT molecular complexity index is 1180. The number of nitrogens with one attached hydrogen (secondary N) is 1. The van der Waals surface area contributed by atoms with E-state index in [1.165, 1.54) is 24.3 Å². The average Bonchev–Trinajstić information content (AvgIpc) is 3.14. The summed E-state index contributed by atoms with van der Waals surface area (Å²) in [4.78, 5) is 37.8. The third-order valence-electron chi connectivity index (χ3n) is 4.19. The normalized spacial score (nSPS) is 15.7. The molecule has 0 bridgehead atoms. The molecule has 29 heavy (non-hydrogen) atoms. The minimum atomic E-state index is -0.947. The number of rotatable bonds is 3. The van der Waals surface area contributed by atoms with E-state index in [4.69, 9.17) is 4.42 Å². The summed E-state index contributed by atoms with van der Waals surface area (Å²) in [7, 11) is 0. The lowest BCUT2D eigenvalue weighted by Gasteiger charge is -2.26. The van der Waals surface area contributed by atoms with Crippen molar-refractivity contribution in [2.75, 3.05) is 4.90 Å². The van der Waals surface area contributed by atoms with Gasteiger partial charge in [-0.1, -0.05) is 34.1 Å². The van der Waals surface area contributed by atoms with Gasteiger partial charge in [-0.2, -0.15) is 0 Å². The highest BCUT2D eigenvalue weighted by atomic mass is 79.9. The Kier molecular flexibility index (Phi) is 4.85. The molecule has 1 aliphatic rings. The Hall–Kier alpha value is -3.52. The highest BCUT2D eigenvalue weighted by molar-refractivity contribution is 9.10. The van der Waals surface area contributed by atoms with E-state index in [9.17, 15) is 18.8 Å². The fourth-order valence-corrected chi connectivity index (χ4v) is 3.28. The number of carbonyl (C=O) groups excluding carboxylic acids is 3. The quantitative estimate of drug-likeness (QED) is 0.466. The molecule has 1 fully saturated rings. The van der Waals surface area contributed by atoms with Crippen molar-refractivity contribution in [2.24, 2.45) is 0 Å². The molecule has 4 amide bonds. The molecule has 0 aliphatic carbocycles. The number of imide groups is 2. The fraction of sp³-hybridized carbons (Fsp3) is 0. The summed E-state index contributed by atoms with van der Waals surface area (Å²) in [5, 5.41) is 2.08. The van der Waals surface area contributed by atoms with Crippen LogP contribution in [0.15, 0.2) is 75.1 Å². The molecule has 0 atom stereocenters. The molecule has 1 aromatic heterocycles. The maximum absolute atomic E-state index is 13.5. The number of urea groups is 1. The monoisotopic (exact) mass is 454 g/mol. The second kappa shape index (κ2) is 7.48. The van der Waals surface area contributed by atoms with Gasteiger partial charge in [-0.25, -0.2) is 14.1 Å². The second-order valence-corrected chi connectivity index (χ2v) is 7.07. The summed E-state index contributed by atoms with van der Waals surface area (Å²) in [6.45, 7) is 0. The average molecular weight is 455 g/mol. The van der Waals surface area contributed by atoms with Gasteiger partial charge in [0.1, 0.15) is 22.9 Å². The number of hydrogen-bond donors (Lipinski definition) is 1. The number of anilines is 1. The Labute approximate surface area is 172 Å². The van der Waals surface area contributed by atoms with Gasteiger partial charge in [0.2, 0.25) is 0 Å². The standard InChI is InChI=1S/C21H12BrFN2O4/c22-13-4-1-3-12(9-13)18-8-7-16(29-18)11-17-19(26)24-21(28)25(20(17)27)15-6-2-5-14(23)10-15/h1-11H,(H,24,26,28)/b17-11+. The molecule has 144 valence electrons. The van der Waals surface area contributed by atoms with Crippen LogP contribution >= 0.6 is 15.9 Å². The molecule has 3 aromatic rings. The van der Waals surface area contributed by atoms with E-state index in [2.05, 4.69) is 21.2 Å². The van der Waals surface area contributed by atoms with Crippen LogP contribution in [0.4, 0.5) is 14.9 Å². The van der Waals surface area contributed by atoms with Gasteiger partial charge in [-0.3, -0.25) is 14.9 Å². The zero-order valence-corrected chi connectivity index (χ0v) is 16.3. The lowest BCUT2D eigenvalue weighted by Crippen LogP contribution is -2.54. The molecule has 0 spiro atoms. The van der Waals surface area contributed by atoms with Crippen molar-refractivity contribution < 1.29 is 23.2 Å². The molecule has 6 nitrogen and oxygen atoms in total. The van der Waals surface area contributed by atoms with Crippen LogP contribution in [0.1, 0.15) is 5.76 Å². The first kappa shape index (κ1) is 18.8. The van der Waals surface area contributed by atoms with E-state index in [-0.39, 0.29) is 17.0 Å². The number of barbiturate groups is 1. The Balaban J connectivity index is 1.68. The lowest BCUT2D eigenvalue weighted by atomic mass is 10.1. The summed E-state index contributed by atoms with van der Waals surface area (Å²) in [5.41, 5.74) is 0.518. The molecule has 2 heterocycles. The summed E-state index contributed by atoms with van der Waals surface area (Å²) in [6.07, 6.45) is 1.25. The predicted molar refractivity (Wildman–Crippen MR) is 107 cm³/mol. The number of carbonyl (C=O) groups is 3. The Morgan fingerprint density at radius 2 is 1.79 bits per heavy atom. The Morgan fingerprint density at radius 1 is 1.00 bits per heavy atom. The molecule has 1 saturated heterocycles. The number of halogens is 2. The molecule has 0 saturated carbocycles.